The van der Waals surface area contributed by atoms with Gasteiger partial charge < -0.3 is 44.8 Å². The average molecular weight is 864 g/mol. The van der Waals surface area contributed by atoms with Gasteiger partial charge in [-0.3, -0.25) is 9.59 Å². The molecule has 0 bridgehead atoms. The number of likely N-dealkylation sites (tertiary alicyclic amines) is 2. The SMILES string of the molecule is COC(=O)NC(C(=O)N1CCC[C@H]1c1ncc(-c2ccc(-c3ccc(-c4cnc([C@@H]5CCCN5C(=O)[C@H](NC(=O)OC)c5ccccc5)[nH]4)cc3CN(C)C)cc2)[nH]1)c1ccccc1. The Kier molecular flexibility index (Phi) is 13.2. The van der Waals surface area contributed by atoms with E-state index >= 15 is 0 Å². The van der Waals surface area contributed by atoms with Crippen LogP contribution in [0.2, 0.25) is 0 Å². The summed E-state index contributed by atoms with van der Waals surface area (Å²) in [5, 5.41) is 5.45. The molecule has 2 fully saturated rings. The Hall–Kier alpha value is -7.26. The number of hydrogen-bond donors (Lipinski definition) is 4. The van der Waals surface area contributed by atoms with Crippen LogP contribution in [-0.2, 0) is 25.6 Å². The van der Waals surface area contributed by atoms with Crippen molar-refractivity contribution in [3.05, 3.63) is 144 Å². The Morgan fingerprint density at radius 1 is 0.656 bits per heavy atom. The summed E-state index contributed by atoms with van der Waals surface area (Å²) in [5.74, 6) is 0.954. The summed E-state index contributed by atoms with van der Waals surface area (Å²) in [6.45, 7) is 1.79. The number of benzene rings is 4. The average Bonchev–Trinajstić information content (AvgIpc) is 4.17. The van der Waals surface area contributed by atoms with Crippen LogP contribution in [-0.4, -0.2) is 100 Å². The summed E-state index contributed by atoms with van der Waals surface area (Å²) in [5.41, 5.74) is 8.25. The minimum atomic E-state index is -0.895. The summed E-state index contributed by atoms with van der Waals surface area (Å²) in [6, 6.07) is 30.8. The lowest BCUT2D eigenvalue weighted by Gasteiger charge is -2.28. The van der Waals surface area contributed by atoms with Crippen molar-refractivity contribution < 1.29 is 28.7 Å². The highest BCUT2D eigenvalue weighted by Gasteiger charge is 2.38. The fourth-order valence-electron chi connectivity index (χ4n) is 8.83. The van der Waals surface area contributed by atoms with Crippen molar-refractivity contribution in [3.63, 3.8) is 0 Å². The third kappa shape index (κ3) is 9.39. The summed E-state index contributed by atoms with van der Waals surface area (Å²) in [6.07, 6.45) is 5.37. The Morgan fingerprint density at radius 2 is 1.11 bits per heavy atom. The first-order valence-corrected chi connectivity index (χ1v) is 21.5. The van der Waals surface area contributed by atoms with Gasteiger partial charge in [0.15, 0.2) is 0 Å². The highest BCUT2D eigenvalue weighted by atomic mass is 16.5. The minimum Gasteiger partial charge on any atom is -0.453 e. The van der Waals surface area contributed by atoms with E-state index < -0.39 is 24.3 Å². The second-order valence-corrected chi connectivity index (χ2v) is 16.4. The van der Waals surface area contributed by atoms with Crippen molar-refractivity contribution in [2.24, 2.45) is 0 Å². The number of aromatic amines is 2. The van der Waals surface area contributed by atoms with Crippen LogP contribution >= 0.6 is 0 Å². The van der Waals surface area contributed by atoms with Gasteiger partial charge in [-0.2, -0.15) is 0 Å². The molecule has 4 amide bonds. The van der Waals surface area contributed by atoms with Crippen molar-refractivity contribution in [2.75, 3.05) is 41.4 Å². The van der Waals surface area contributed by atoms with Crippen molar-refractivity contribution in [2.45, 2.75) is 56.4 Å². The monoisotopic (exact) mass is 863 g/mol. The second kappa shape index (κ2) is 19.4. The number of amides is 4. The lowest BCUT2D eigenvalue weighted by atomic mass is 9.95. The van der Waals surface area contributed by atoms with E-state index in [4.69, 9.17) is 19.4 Å². The number of carbonyl (C=O) groups excluding carboxylic acids is 4. The van der Waals surface area contributed by atoms with Gasteiger partial charge in [-0.05, 0) is 84.8 Å². The number of H-pyrrole nitrogens is 2. The molecule has 2 aromatic heterocycles. The molecule has 4 aromatic carbocycles. The highest BCUT2D eigenvalue weighted by Crippen LogP contribution is 2.37. The Bertz CT molecular complexity index is 2580. The first-order chi connectivity index (χ1) is 31.1. The molecule has 1 unspecified atom stereocenters. The fraction of sp³-hybridized carbons (Fsp3) is 0.306. The molecule has 2 aliphatic rings. The van der Waals surface area contributed by atoms with Crippen LogP contribution in [0.3, 0.4) is 0 Å². The van der Waals surface area contributed by atoms with E-state index in [0.29, 0.717) is 42.4 Å². The molecule has 6 aromatic rings. The van der Waals surface area contributed by atoms with Crippen molar-refractivity contribution in [3.8, 4) is 33.6 Å². The topological polar surface area (TPSA) is 178 Å². The number of ether oxygens (including phenoxy) is 2. The van der Waals surface area contributed by atoms with Crippen LogP contribution in [0.5, 0.6) is 0 Å². The molecule has 0 saturated carbocycles. The van der Waals surface area contributed by atoms with Gasteiger partial charge in [-0.25, -0.2) is 19.6 Å². The molecular weight excluding hydrogens is 811 g/mol. The van der Waals surface area contributed by atoms with E-state index in [9.17, 15) is 19.2 Å². The zero-order valence-electron chi connectivity index (χ0n) is 36.4. The van der Waals surface area contributed by atoms with Gasteiger partial charge in [0.05, 0.1) is 50.1 Å². The molecule has 8 rings (SSSR count). The summed E-state index contributed by atoms with van der Waals surface area (Å²) in [4.78, 5) is 74.9. The zero-order valence-corrected chi connectivity index (χ0v) is 36.4. The first-order valence-electron chi connectivity index (χ1n) is 21.5. The van der Waals surface area contributed by atoms with Crippen LogP contribution in [0.1, 0.15) is 78.2 Å². The van der Waals surface area contributed by atoms with Gasteiger partial charge in [-0.1, -0.05) is 97.1 Å². The van der Waals surface area contributed by atoms with E-state index in [1.165, 1.54) is 14.2 Å². The first kappa shape index (κ1) is 43.4. The lowest BCUT2D eigenvalue weighted by molar-refractivity contribution is -0.135. The summed E-state index contributed by atoms with van der Waals surface area (Å²) >= 11 is 0. The molecule has 4 N–H and O–H groups in total. The molecule has 2 aliphatic heterocycles. The Balaban J connectivity index is 0.987. The molecule has 64 heavy (non-hydrogen) atoms. The minimum absolute atomic E-state index is 0.218. The van der Waals surface area contributed by atoms with Crippen molar-refractivity contribution in [1.82, 2.24) is 45.3 Å². The molecular formula is C49H53N9O6. The Labute approximate surface area is 372 Å². The maximum atomic E-state index is 14.0. The van der Waals surface area contributed by atoms with Crippen molar-refractivity contribution >= 4 is 24.0 Å². The maximum Gasteiger partial charge on any atom is 0.407 e. The molecule has 0 aliphatic carbocycles. The largest absolute Gasteiger partial charge is 0.453 e. The second-order valence-electron chi connectivity index (χ2n) is 16.4. The quantitative estimate of drug-likeness (QED) is 0.0906. The third-order valence-electron chi connectivity index (χ3n) is 12.0. The Morgan fingerprint density at radius 3 is 1.58 bits per heavy atom. The maximum absolute atomic E-state index is 14.0. The number of nitrogens with zero attached hydrogens (tertiary/aromatic N) is 5. The molecule has 15 heteroatoms. The number of methoxy groups -OCH3 is 2. The normalized spacial score (nSPS) is 17.0. The molecule has 2 saturated heterocycles. The highest BCUT2D eigenvalue weighted by molar-refractivity contribution is 5.88. The molecule has 0 radical (unpaired) electrons. The lowest BCUT2D eigenvalue weighted by Crippen LogP contribution is -2.42. The summed E-state index contributed by atoms with van der Waals surface area (Å²) in [7, 11) is 6.65. The van der Waals surface area contributed by atoms with Gasteiger partial charge in [0, 0.05) is 19.6 Å². The molecule has 4 heterocycles. The van der Waals surface area contributed by atoms with Gasteiger partial charge in [0.25, 0.3) is 11.8 Å². The third-order valence-corrected chi connectivity index (χ3v) is 12.0. The number of hydrogen-bond acceptors (Lipinski definition) is 9. The number of imidazole rings is 2. The smallest absolute Gasteiger partial charge is 0.407 e. The zero-order chi connectivity index (χ0) is 44.7. The predicted molar refractivity (Wildman–Crippen MR) is 241 cm³/mol. The van der Waals surface area contributed by atoms with Crippen LogP contribution in [0.15, 0.2) is 116 Å². The predicted octanol–water partition coefficient (Wildman–Crippen LogP) is 7.72. The molecule has 0 spiro atoms. The van der Waals surface area contributed by atoms with E-state index in [1.54, 1.807) is 16.0 Å². The van der Waals surface area contributed by atoms with Crippen LogP contribution in [0.4, 0.5) is 9.59 Å². The van der Waals surface area contributed by atoms with E-state index in [-0.39, 0.29) is 23.9 Å². The number of nitrogens with one attached hydrogen (secondary N) is 4. The van der Waals surface area contributed by atoms with Crippen LogP contribution < -0.4 is 10.6 Å². The van der Waals surface area contributed by atoms with Gasteiger partial charge in [0.2, 0.25) is 0 Å². The van der Waals surface area contributed by atoms with E-state index in [2.05, 4.69) is 68.0 Å². The number of carbonyl (C=O) groups is 4. The number of aromatic nitrogens is 4. The number of rotatable bonds is 13. The van der Waals surface area contributed by atoms with Gasteiger partial charge in [0.1, 0.15) is 23.7 Å². The van der Waals surface area contributed by atoms with Crippen LogP contribution in [0, 0.1) is 0 Å². The van der Waals surface area contributed by atoms with E-state index in [1.807, 2.05) is 81.0 Å². The molecule has 4 atom stereocenters. The van der Waals surface area contributed by atoms with Gasteiger partial charge >= 0.3 is 12.2 Å². The number of alkyl carbamates (subject to hydrolysis) is 2. The molecule has 15 nitrogen and oxygen atoms in total. The van der Waals surface area contributed by atoms with Gasteiger partial charge in [-0.15, -0.1) is 0 Å². The fourth-order valence-corrected chi connectivity index (χ4v) is 8.83. The van der Waals surface area contributed by atoms with Crippen molar-refractivity contribution in [1.29, 1.82) is 0 Å². The molecule has 330 valence electrons. The standard InChI is InChI=1S/C49H53N9O6/c1-56(2)30-36-27-35(39-29-51-45(53-39)41-18-12-26-58(41)47(60)43(55-49(62)64-4)34-15-9-6-10-16-34)23-24-37(36)31-19-21-32(22-20-31)38-28-50-44(52-38)40-17-11-25-57(40)46(59)42(54-48(61)63-3)33-13-7-5-8-14-33/h5-10,13-16,19-24,27-29,40-43H,11-12,17-18,25-26,30H2,1-4H3,(H,50,52)(H,51,53)(H,54,61)(H,55,62)/t40-,41-,42?,43+/m0/s1. The van der Waals surface area contributed by atoms with E-state index in [0.717, 1.165) is 64.9 Å². The van der Waals surface area contributed by atoms with Crippen LogP contribution in [0.25, 0.3) is 33.6 Å². The summed E-state index contributed by atoms with van der Waals surface area (Å²) < 4.78 is 9.70.